The van der Waals surface area contributed by atoms with Gasteiger partial charge < -0.3 is 10.4 Å². The van der Waals surface area contributed by atoms with Crippen LogP contribution < -0.4 is 5.32 Å². The zero-order valence-corrected chi connectivity index (χ0v) is 9.54. The molecule has 0 radical (unpaired) electrons. The molecule has 0 aromatic heterocycles. The van der Waals surface area contributed by atoms with Gasteiger partial charge in [-0.3, -0.25) is 4.79 Å². The highest BCUT2D eigenvalue weighted by atomic mass is 19.1. The molecule has 0 saturated carbocycles. The Balaban J connectivity index is 2.69. The normalized spacial score (nSPS) is 12.2. The van der Waals surface area contributed by atoms with Crippen molar-refractivity contribution in [3.63, 3.8) is 0 Å². The maximum atomic E-state index is 13.4. The predicted molar refractivity (Wildman–Crippen MR) is 59.2 cm³/mol. The lowest BCUT2D eigenvalue weighted by Crippen LogP contribution is -2.27. The SMILES string of the molecule is CC(NC(=O)CCCO)c1c(F)cccc1F. The van der Waals surface area contributed by atoms with Gasteiger partial charge in [-0.1, -0.05) is 6.07 Å². The zero-order chi connectivity index (χ0) is 12.8. The largest absolute Gasteiger partial charge is 0.396 e. The quantitative estimate of drug-likeness (QED) is 0.830. The Kier molecular flexibility index (Phi) is 5.03. The van der Waals surface area contributed by atoms with Gasteiger partial charge in [0.15, 0.2) is 0 Å². The van der Waals surface area contributed by atoms with Crippen molar-refractivity contribution in [3.8, 4) is 0 Å². The monoisotopic (exact) mass is 243 g/mol. The molecule has 0 bridgehead atoms. The number of hydrogen-bond donors (Lipinski definition) is 2. The zero-order valence-electron chi connectivity index (χ0n) is 9.54. The molecule has 1 amide bonds. The smallest absolute Gasteiger partial charge is 0.220 e. The minimum atomic E-state index is -0.734. The number of halogens is 2. The molecule has 1 atom stereocenters. The molecule has 3 nitrogen and oxygen atoms in total. The van der Waals surface area contributed by atoms with Crippen LogP contribution in [0.3, 0.4) is 0 Å². The highest BCUT2D eigenvalue weighted by Crippen LogP contribution is 2.20. The number of rotatable bonds is 5. The van der Waals surface area contributed by atoms with Gasteiger partial charge in [-0.15, -0.1) is 0 Å². The second-order valence-electron chi connectivity index (χ2n) is 3.75. The first-order valence-electron chi connectivity index (χ1n) is 5.40. The van der Waals surface area contributed by atoms with Crippen LogP contribution in [0.1, 0.15) is 31.4 Å². The van der Waals surface area contributed by atoms with Gasteiger partial charge in [-0.2, -0.15) is 0 Å². The number of benzene rings is 1. The summed E-state index contributed by atoms with van der Waals surface area (Å²) in [4.78, 5) is 11.3. The van der Waals surface area contributed by atoms with Crippen LogP contribution in [0, 0.1) is 11.6 Å². The Bertz CT molecular complexity index is 376. The van der Waals surface area contributed by atoms with Crippen LogP contribution in [0.25, 0.3) is 0 Å². The molecule has 0 fully saturated rings. The Morgan fingerprint density at radius 2 is 2.00 bits per heavy atom. The molecule has 0 aliphatic heterocycles. The molecular formula is C12H15F2NO2. The van der Waals surface area contributed by atoms with E-state index in [-0.39, 0.29) is 24.5 Å². The number of aliphatic hydroxyl groups excluding tert-OH is 1. The van der Waals surface area contributed by atoms with Crippen molar-refractivity contribution < 1.29 is 18.7 Å². The maximum absolute atomic E-state index is 13.4. The van der Waals surface area contributed by atoms with E-state index >= 15 is 0 Å². The molecule has 1 unspecified atom stereocenters. The van der Waals surface area contributed by atoms with Crippen molar-refractivity contribution in [1.82, 2.24) is 5.32 Å². The standard InChI is InChI=1S/C12H15F2NO2/c1-8(15-11(17)6-3-7-16)12-9(13)4-2-5-10(12)14/h2,4-5,8,16H,3,6-7H2,1H3,(H,15,17). The van der Waals surface area contributed by atoms with E-state index in [4.69, 9.17) is 5.11 Å². The van der Waals surface area contributed by atoms with E-state index in [0.717, 1.165) is 12.1 Å². The summed E-state index contributed by atoms with van der Waals surface area (Å²) in [5.41, 5.74) is -0.148. The highest BCUT2D eigenvalue weighted by molar-refractivity contribution is 5.76. The van der Waals surface area contributed by atoms with E-state index in [1.54, 1.807) is 0 Å². The summed E-state index contributed by atoms with van der Waals surface area (Å²) in [5, 5.41) is 11.0. The molecule has 0 aliphatic rings. The fourth-order valence-corrected chi connectivity index (χ4v) is 1.55. The Labute approximate surface area is 98.5 Å². The molecule has 17 heavy (non-hydrogen) atoms. The van der Waals surface area contributed by atoms with Crippen molar-refractivity contribution in [1.29, 1.82) is 0 Å². The van der Waals surface area contributed by atoms with Gasteiger partial charge in [-0.25, -0.2) is 8.78 Å². The van der Waals surface area contributed by atoms with Gasteiger partial charge in [0.2, 0.25) is 5.91 Å². The summed E-state index contributed by atoms with van der Waals surface area (Å²) in [7, 11) is 0. The van der Waals surface area contributed by atoms with Crippen molar-refractivity contribution in [3.05, 3.63) is 35.4 Å². The topological polar surface area (TPSA) is 49.3 Å². The molecule has 1 rings (SSSR count). The fraction of sp³-hybridized carbons (Fsp3) is 0.417. The maximum Gasteiger partial charge on any atom is 0.220 e. The second kappa shape index (κ2) is 6.30. The molecule has 1 aromatic carbocycles. The van der Waals surface area contributed by atoms with Crippen LogP contribution in [-0.2, 0) is 4.79 Å². The fourth-order valence-electron chi connectivity index (χ4n) is 1.55. The van der Waals surface area contributed by atoms with Crippen LogP contribution in [0.15, 0.2) is 18.2 Å². The van der Waals surface area contributed by atoms with E-state index in [1.165, 1.54) is 13.0 Å². The average molecular weight is 243 g/mol. The first kappa shape index (κ1) is 13.6. The van der Waals surface area contributed by atoms with Gasteiger partial charge in [0, 0.05) is 18.6 Å². The van der Waals surface area contributed by atoms with Gasteiger partial charge in [0.1, 0.15) is 11.6 Å². The minimum Gasteiger partial charge on any atom is -0.396 e. The Morgan fingerprint density at radius 1 is 1.41 bits per heavy atom. The van der Waals surface area contributed by atoms with Crippen molar-refractivity contribution >= 4 is 5.91 Å². The molecule has 0 aliphatic carbocycles. The summed E-state index contributed by atoms with van der Waals surface area (Å²) in [6, 6.07) is 2.83. The molecule has 0 spiro atoms. The number of aliphatic hydroxyl groups is 1. The van der Waals surface area contributed by atoms with E-state index < -0.39 is 17.7 Å². The van der Waals surface area contributed by atoms with Crippen LogP contribution >= 0.6 is 0 Å². The molecule has 94 valence electrons. The van der Waals surface area contributed by atoms with Gasteiger partial charge in [0.25, 0.3) is 0 Å². The van der Waals surface area contributed by atoms with Gasteiger partial charge in [0.05, 0.1) is 6.04 Å². The molecule has 1 aromatic rings. The predicted octanol–water partition coefficient (Wildman–Crippen LogP) is 1.91. The molecule has 2 N–H and O–H groups in total. The lowest BCUT2D eigenvalue weighted by molar-refractivity contribution is -0.122. The van der Waals surface area contributed by atoms with Crippen molar-refractivity contribution in [2.75, 3.05) is 6.61 Å². The van der Waals surface area contributed by atoms with Crippen LogP contribution in [-0.4, -0.2) is 17.6 Å². The van der Waals surface area contributed by atoms with Gasteiger partial charge >= 0.3 is 0 Å². The van der Waals surface area contributed by atoms with Crippen LogP contribution in [0.2, 0.25) is 0 Å². The third-order valence-electron chi connectivity index (χ3n) is 2.37. The summed E-state index contributed by atoms with van der Waals surface area (Å²) in [6.45, 7) is 1.42. The summed E-state index contributed by atoms with van der Waals surface area (Å²) in [6.07, 6.45) is 0.467. The van der Waals surface area contributed by atoms with Crippen molar-refractivity contribution in [2.24, 2.45) is 0 Å². The highest BCUT2D eigenvalue weighted by Gasteiger charge is 2.17. The summed E-state index contributed by atoms with van der Waals surface area (Å²) < 4.78 is 26.7. The van der Waals surface area contributed by atoms with E-state index in [1.807, 2.05) is 0 Å². The number of carbonyl (C=O) groups excluding carboxylic acids is 1. The summed E-state index contributed by atoms with van der Waals surface area (Å²) >= 11 is 0. The van der Waals surface area contributed by atoms with Gasteiger partial charge in [-0.05, 0) is 25.5 Å². The minimum absolute atomic E-state index is 0.0874. The lowest BCUT2D eigenvalue weighted by atomic mass is 10.1. The Hall–Kier alpha value is -1.49. The second-order valence-corrected chi connectivity index (χ2v) is 3.75. The molecular weight excluding hydrogens is 228 g/mol. The van der Waals surface area contributed by atoms with E-state index in [2.05, 4.69) is 5.32 Å². The number of amides is 1. The molecule has 5 heteroatoms. The third-order valence-corrected chi connectivity index (χ3v) is 2.37. The van der Waals surface area contributed by atoms with Crippen molar-refractivity contribution in [2.45, 2.75) is 25.8 Å². The van der Waals surface area contributed by atoms with Crippen LogP contribution in [0.4, 0.5) is 8.78 Å². The first-order valence-corrected chi connectivity index (χ1v) is 5.40. The number of carbonyl (C=O) groups is 1. The molecule has 0 heterocycles. The summed E-state index contributed by atoms with van der Waals surface area (Å²) in [5.74, 6) is -1.70. The third kappa shape index (κ3) is 3.78. The average Bonchev–Trinajstić information content (AvgIpc) is 2.26. The van der Waals surface area contributed by atoms with E-state index in [0.29, 0.717) is 6.42 Å². The number of hydrogen-bond acceptors (Lipinski definition) is 2. The molecule has 0 saturated heterocycles. The number of nitrogens with one attached hydrogen (secondary N) is 1. The lowest BCUT2D eigenvalue weighted by Gasteiger charge is -2.15. The first-order chi connectivity index (χ1) is 8.06. The Morgan fingerprint density at radius 3 is 2.53 bits per heavy atom. The van der Waals surface area contributed by atoms with E-state index in [9.17, 15) is 13.6 Å². The van der Waals surface area contributed by atoms with Crippen LogP contribution in [0.5, 0.6) is 0 Å².